The number of amides is 2. The molecule has 3 aromatic carbocycles. The van der Waals surface area contributed by atoms with Crippen LogP contribution in [0.5, 0.6) is 0 Å². The summed E-state index contributed by atoms with van der Waals surface area (Å²) in [6, 6.07) is 22.2. The van der Waals surface area contributed by atoms with Gasteiger partial charge in [0.2, 0.25) is 17.7 Å². The zero-order chi connectivity index (χ0) is 25.5. The molecule has 8 nitrogen and oxygen atoms in total. The number of hydrogen-bond donors (Lipinski definition) is 1. The number of nitrogens with zero attached hydrogens (tertiary/aromatic N) is 3. The molecule has 1 aromatic heterocycles. The van der Waals surface area contributed by atoms with Crippen molar-refractivity contribution in [2.75, 3.05) is 5.75 Å². The molecule has 2 aliphatic rings. The number of hydrogen-bond acceptors (Lipinski definition) is 8. The molecule has 184 valence electrons. The summed E-state index contributed by atoms with van der Waals surface area (Å²) in [4.78, 5) is 26.9. The first-order valence-corrected chi connectivity index (χ1v) is 13.0. The molecule has 2 amide bonds. The number of thioether (sulfide) groups is 1. The summed E-state index contributed by atoms with van der Waals surface area (Å²) < 4.78 is 6.00. The van der Waals surface area contributed by atoms with E-state index in [1.165, 1.54) is 16.7 Å². The SMILES string of the molecule is O=C(Cc1ccccc1)N[C@@H]1C(=O)N2C(C([O-])=S)=C(c3nnc(-c4cccc5ccccc45)o3)CS[C@H]12.[Na+]. The van der Waals surface area contributed by atoms with Crippen molar-refractivity contribution in [3.05, 3.63) is 89.9 Å². The van der Waals surface area contributed by atoms with Gasteiger partial charge in [-0.25, -0.2) is 0 Å². The molecule has 1 N–H and O–H groups in total. The monoisotopic (exact) mass is 550 g/mol. The summed E-state index contributed by atoms with van der Waals surface area (Å²) >= 11 is 6.40. The first-order chi connectivity index (χ1) is 18.0. The second-order valence-corrected chi connectivity index (χ2v) is 10.1. The summed E-state index contributed by atoms with van der Waals surface area (Å²) in [5.74, 6) is 0.129. The molecule has 2 atom stereocenters. The molecule has 1 saturated heterocycles. The van der Waals surface area contributed by atoms with Crippen LogP contribution in [0, 0.1) is 0 Å². The number of carbonyl (C=O) groups excluding carboxylic acids is 2. The van der Waals surface area contributed by atoms with Crippen LogP contribution in [0.3, 0.4) is 0 Å². The number of thiocarbonyl (C=S) groups is 1. The van der Waals surface area contributed by atoms with E-state index in [-0.39, 0.29) is 53.5 Å². The van der Waals surface area contributed by atoms with Crippen LogP contribution in [0.2, 0.25) is 0 Å². The number of carbonyl (C=O) groups is 2. The second kappa shape index (κ2) is 11.0. The molecule has 6 rings (SSSR count). The van der Waals surface area contributed by atoms with Gasteiger partial charge < -0.3 is 14.8 Å². The third-order valence-corrected chi connectivity index (χ3v) is 7.86. The van der Waals surface area contributed by atoms with E-state index in [0.29, 0.717) is 17.2 Å². The van der Waals surface area contributed by atoms with Crippen LogP contribution >= 0.6 is 24.0 Å². The Morgan fingerprint density at radius 1 is 1.05 bits per heavy atom. The Balaban J connectivity index is 0.00000294. The Kier molecular flexibility index (Phi) is 7.69. The Bertz CT molecular complexity index is 1590. The fraction of sp³-hybridized carbons (Fsp3) is 0.148. The van der Waals surface area contributed by atoms with Crippen molar-refractivity contribution in [3.8, 4) is 11.5 Å². The average molecular weight is 551 g/mol. The molecule has 11 heteroatoms. The van der Waals surface area contributed by atoms with E-state index in [2.05, 4.69) is 15.5 Å². The van der Waals surface area contributed by atoms with Crippen LogP contribution in [0.25, 0.3) is 27.8 Å². The minimum absolute atomic E-state index is 0. The summed E-state index contributed by atoms with van der Waals surface area (Å²) in [6.07, 6.45) is 0.162. The summed E-state index contributed by atoms with van der Waals surface area (Å²) in [7, 11) is 0. The van der Waals surface area contributed by atoms with E-state index in [4.69, 9.17) is 16.6 Å². The molecule has 1 fully saturated rings. The Labute approximate surface area is 249 Å². The van der Waals surface area contributed by atoms with Crippen LogP contribution in [0.1, 0.15) is 11.5 Å². The summed E-state index contributed by atoms with van der Waals surface area (Å²) in [6.45, 7) is 0. The standard InChI is InChI=1S/C27H20N4O4S2.Na/c32-20(13-15-7-2-1-3-8-15)28-21-25(33)31-22(27(34)36)19(14-37-26(21)31)24-30-29-23(35-24)18-12-6-10-16-9-4-5-11-17(16)18;/h1-12,21,26H,13-14H2,(H,28,32)(H,34,36);/q;+1/p-1/t21-,26-;/m1./s1. The van der Waals surface area contributed by atoms with Crippen LogP contribution in [0.4, 0.5) is 0 Å². The zero-order valence-electron chi connectivity index (χ0n) is 20.3. The van der Waals surface area contributed by atoms with Gasteiger partial charge in [-0.05, 0) is 27.5 Å². The van der Waals surface area contributed by atoms with E-state index in [1.807, 2.05) is 72.8 Å². The number of nitrogens with one attached hydrogen (secondary N) is 1. The first kappa shape index (κ1) is 26.6. The van der Waals surface area contributed by atoms with Gasteiger partial charge in [0.1, 0.15) is 11.4 Å². The number of rotatable bonds is 6. The van der Waals surface area contributed by atoms with Crippen molar-refractivity contribution in [1.29, 1.82) is 0 Å². The topological polar surface area (TPSA) is 111 Å². The smallest absolute Gasteiger partial charge is 0.863 e. The molecule has 0 bridgehead atoms. The van der Waals surface area contributed by atoms with Gasteiger partial charge in [-0.3, -0.25) is 14.5 Å². The predicted octanol–water partition coefficient (Wildman–Crippen LogP) is -0.0648. The maximum atomic E-state index is 13.0. The molecule has 4 aromatic rings. The van der Waals surface area contributed by atoms with Gasteiger partial charge in [0.05, 0.1) is 17.7 Å². The van der Waals surface area contributed by atoms with E-state index in [1.54, 1.807) is 0 Å². The van der Waals surface area contributed by atoms with Crippen molar-refractivity contribution >= 4 is 57.2 Å². The number of fused-ring (bicyclic) bond motifs is 2. The second-order valence-electron chi connectivity index (χ2n) is 8.67. The maximum Gasteiger partial charge on any atom is 1.00 e. The van der Waals surface area contributed by atoms with Gasteiger partial charge in [-0.15, -0.1) is 22.0 Å². The van der Waals surface area contributed by atoms with Crippen LogP contribution in [-0.2, 0) is 16.0 Å². The van der Waals surface area contributed by atoms with Gasteiger partial charge in [-0.2, -0.15) is 0 Å². The van der Waals surface area contributed by atoms with Crippen LogP contribution in [0.15, 0.2) is 82.9 Å². The largest absolute Gasteiger partial charge is 1.00 e. The Hall–Kier alpha value is -3.02. The third kappa shape index (κ3) is 4.78. The van der Waals surface area contributed by atoms with Crippen molar-refractivity contribution in [3.63, 3.8) is 0 Å². The van der Waals surface area contributed by atoms with Gasteiger partial charge in [0.25, 0.3) is 5.91 Å². The molecular formula is C27H19N4NaO4S2. The van der Waals surface area contributed by atoms with Crippen molar-refractivity contribution < 1.29 is 48.7 Å². The quantitative estimate of drug-likeness (QED) is 0.202. The summed E-state index contributed by atoms with van der Waals surface area (Å²) in [5.41, 5.74) is 2.10. The van der Waals surface area contributed by atoms with Crippen molar-refractivity contribution in [2.45, 2.75) is 17.8 Å². The minimum Gasteiger partial charge on any atom is -0.863 e. The van der Waals surface area contributed by atoms with E-state index < -0.39 is 22.4 Å². The molecule has 0 saturated carbocycles. The molecule has 0 radical (unpaired) electrons. The van der Waals surface area contributed by atoms with Crippen molar-refractivity contribution in [2.24, 2.45) is 0 Å². The molecule has 0 spiro atoms. The van der Waals surface area contributed by atoms with E-state index in [0.717, 1.165) is 21.9 Å². The van der Waals surface area contributed by atoms with Gasteiger partial charge in [0.15, 0.2) is 0 Å². The fourth-order valence-corrected chi connectivity index (χ4v) is 6.20. The normalized spacial score (nSPS) is 18.4. The first-order valence-electron chi connectivity index (χ1n) is 11.6. The average Bonchev–Trinajstić information content (AvgIpc) is 3.41. The van der Waals surface area contributed by atoms with E-state index in [9.17, 15) is 14.7 Å². The Morgan fingerprint density at radius 2 is 1.76 bits per heavy atom. The van der Waals surface area contributed by atoms with Gasteiger partial charge in [0, 0.05) is 11.3 Å². The van der Waals surface area contributed by atoms with E-state index >= 15 is 0 Å². The molecule has 0 aliphatic carbocycles. The van der Waals surface area contributed by atoms with Crippen LogP contribution in [-0.4, -0.2) is 49.1 Å². The maximum absolute atomic E-state index is 13.0. The van der Waals surface area contributed by atoms with Gasteiger partial charge >= 0.3 is 29.6 Å². The number of aromatic nitrogens is 2. The van der Waals surface area contributed by atoms with Crippen LogP contribution < -0.4 is 40.0 Å². The minimum atomic E-state index is -0.735. The molecular weight excluding hydrogens is 531 g/mol. The molecule has 38 heavy (non-hydrogen) atoms. The predicted molar refractivity (Wildman–Crippen MR) is 142 cm³/mol. The number of β-lactam (4-membered cyclic amide) rings is 1. The van der Waals surface area contributed by atoms with Crippen molar-refractivity contribution in [1.82, 2.24) is 20.4 Å². The Morgan fingerprint density at radius 3 is 2.55 bits per heavy atom. The number of benzene rings is 3. The molecule has 2 aliphatic heterocycles. The molecule has 0 unspecified atom stereocenters. The molecule has 3 heterocycles. The third-order valence-electron chi connectivity index (χ3n) is 6.39. The van der Waals surface area contributed by atoms with Gasteiger partial charge in [-0.1, -0.05) is 78.9 Å². The fourth-order valence-electron chi connectivity index (χ4n) is 4.64. The zero-order valence-corrected chi connectivity index (χ0v) is 23.9. The summed E-state index contributed by atoms with van der Waals surface area (Å²) in [5, 5.41) is 24.6.